The highest BCUT2D eigenvalue weighted by Crippen LogP contribution is 2.15. The van der Waals surface area contributed by atoms with Crippen LogP contribution in [0.1, 0.15) is 20.8 Å². The van der Waals surface area contributed by atoms with E-state index in [0.29, 0.717) is 31.9 Å². The zero-order valence-corrected chi connectivity index (χ0v) is 16.4. The topological polar surface area (TPSA) is 59.1 Å². The van der Waals surface area contributed by atoms with Crippen LogP contribution < -0.4 is 4.74 Å². The molecule has 0 spiro atoms. The van der Waals surface area contributed by atoms with Gasteiger partial charge in [0.1, 0.15) is 11.4 Å². The first-order valence-corrected chi connectivity index (χ1v) is 8.96. The third-order valence-corrected chi connectivity index (χ3v) is 4.11. The van der Waals surface area contributed by atoms with Crippen molar-refractivity contribution < 1.29 is 19.1 Å². The van der Waals surface area contributed by atoms with E-state index in [0.717, 1.165) is 3.57 Å². The lowest BCUT2D eigenvalue weighted by Crippen LogP contribution is -2.52. The minimum Gasteiger partial charge on any atom is -0.484 e. The van der Waals surface area contributed by atoms with Crippen LogP contribution in [0.15, 0.2) is 24.3 Å². The van der Waals surface area contributed by atoms with Crippen LogP contribution in [0.4, 0.5) is 4.79 Å². The van der Waals surface area contributed by atoms with Crippen molar-refractivity contribution in [1.82, 2.24) is 9.80 Å². The second kappa shape index (κ2) is 8.04. The lowest BCUT2D eigenvalue weighted by molar-refractivity contribution is -0.135. The highest BCUT2D eigenvalue weighted by Gasteiger charge is 2.27. The highest BCUT2D eigenvalue weighted by atomic mass is 127. The van der Waals surface area contributed by atoms with Crippen LogP contribution in [0.2, 0.25) is 0 Å². The van der Waals surface area contributed by atoms with Crippen LogP contribution in [-0.2, 0) is 9.53 Å². The molecule has 0 atom stereocenters. The quantitative estimate of drug-likeness (QED) is 0.671. The second-order valence-corrected chi connectivity index (χ2v) is 7.84. The van der Waals surface area contributed by atoms with Crippen LogP contribution in [0.3, 0.4) is 0 Å². The average Bonchev–Trinajstić information content (AvgIpc) is 2.51. The van der Waals surface area contributed by atoms with Crippen molar-refractivity contribution in [1.29, 1.82) is 0 Å². The Morgan fingerprint density at radius 3 is 2.33 bits per heavy atom. The molecule has 1 aliphatic rings. The van der Waals surface area contributed by atoms with Gasteiger partial charge in [0.15, 0.2) is 6.61 Å². The van der Waals surface area contributed by atoms with E-state index in [1.165, 1.54) is 0 Å². The second-order valence-electron chi connectivity index (χ2n) is 6.59. The molecule has 0 radical (unpaired) electrons. The molecule has 1 aromatic rings. The van der Waals surface area contributed by atoms with Crippen LogP contribution in [0, 0.1) is 3.57 Å². The summed E-state index contributed by atoms with van der Waals surface area (Å²) in [5.41, 5.74) is -0.509. The predicted octanol–water partition coefficient (Wildman–Crippen LogP) is 2.75. The predicted molar refractivity (Wildman–Crippen MR) is 99.0 cm³/mol. The van der Waals surface area contributed by atoms with Gasteiger partial charge in [-0.1, -0.05) is 6.07 Å². The summed E-state index contributed by atoms with van der Waals surface area (Å²) in [5.74, 6) is 0.611. The van der Waals surface area contributed by atoms with Gasteiger partial charge in [-0.15, -0.1) is 0 Å². The number of rotatable bonds is 3. The number of hydrogen-bond acceptors (Lipinski definition) is 4. The Morgan fingerprint density at radius 1 is 1.12 bits per heavy atom. The molecule has 1 aliphatic heterocycles. The standard InChI is InChI=1S/C17H23IN2O4/c1-17(2,3)24-16(22)20-9-7-19(8-10-20)15(21)12-23-14-6-4-5-13(18)11-14/h4-6,11H,7-10,12H2,1-3H3. The Hall–Kier alpha value is -1.51. The van der Waals surface area contributed by atoms with E-state index in [4.69, 9.17) is 9.47 Å². The molecule has 1 heterocycles. The maximum absolute atomic E-state index is 12.2. The van der Waals surface area contributed by atoms with Crippen LogP contribution in [0.5, 0.6) is 5.75 Å². The van der Waals surface area contributed by atoms with Crippen LogP contribution >= 0.6 is 22.6 Å². The van der Waals surface area contributed by atoms with Crippen LogP contribution in [0.25, 0.3) is 0 Å². The molecule has 1 saturated heterocycles. The summed E-state index contributed by atoms with van der Waals surface area (Å²) in [4.78, 5) is 27.6. The monoisotopic (exact) mass is 446 g/mol. The summed E-state index contributed by atoms with van der Waals surface area (Å²) in [5, 5.41) is 0. The maximum Gasteiger partial charge on any atom is 0.410 e. The highest BCUT2D eigenvalue weighted by molar-refractivity contribution is 14.1. The summed E-state index contributed by atoms with van der Waals surface area (Å²) < 4.78 is 11.9. The Kier molecular flexibility index (Phi) is 6.31. The number of amides is 2. The van der Waals surface area contributed by atoms with Gasteiger partial charge in [0.2, 0.25) is 0 Å². The SMILES string of the molecule is CC(C)(C)OC(=O)N1CCN(C(=O)COc2cccc(I)c2)CC1. The fourth-order valence-electron chi connectivity index (χ4n) is 2.26. The number of carbonyl (C=O) groups is 2. The maximum atomic E-state index is 12.2. The van der Waals surface area contributed by atoms with Gasteiger partial charge in [0, 0.05) is 29.7 Å². The molecule has 1 aromatic carbocycles. The van der Waals surface area contributed by atoms with E-state index in [1.807, 2.05) is 45.0 Å². The molecule has 1 fully saturated rings. The Bertz CT molecular complexity index is 592. The molecule has 0 saturated carbocycles. The molecular formula is C17H23IN2O4. The van der Waals surface area contributed by atoms with Crippen LogP contribution in [-0.4, -0.2) is 60.2 Å². The van der Waals surface area contributed by atoms with Crippen molar-refractivity contribution in [3.63, 3.8) is 0 Å². The zero-order chi connectivity index (χ0) is 17.7. The number of piperazine rings is 1. The molecule has 0 N–H and O–H groups in total. The molecule has 6 nitrogen and oxygen atoms in total. The minimum absolute atomic E-state index is 0.00648. The van der Waals surface area contributed by atoms with E-state index in [-0.39, 0.29) is 18.6 Å². The van der Waals surface area contributed by atoms with E-state index >= 15 is 0 Å². The van der Waals surface area contributed by atoms with Gasteiger partial charge in [-0.05, 0) is 61.6 Å². The van der Waals surface area contributed by atoms with Crippen molar-refractivity contribution in [2.24, 2.45) is 0 Å². The molecule has 2 amide bonds. The molecule has 7 heteroatoms. The van der Waals surface area contributed by atoms with E-state index in [2.05, 4.69) is 22.6 Å². The molecule has 0 unspecified atom stereocenters. The smallest absolute Gasteiger partial charge is 0.410 e. The Morgan fingerprint density at radius 2 is 1.75 bits per heavy atom. The van der Waals surface area contributed by atoms with Gasteiger partial charge in [0.25, 0.3) is 5.91 Å². The van der Waals surface area contributed by atoms with Crippen molar-refractivity contribution >= 4 is 34.6 Å². The largest absolute Gasteiger partial charge is 0.484 e. The van der Waals surface area contributed by atoms with Crippen molar-refractivity contribution in [3.8, 4) is 5.75 Å². The number of ether oxygens (including phenoxy) is 2. The first-order chi connectivity index (χ1) is 11.2. The number of carbonyl (C=O) groups excluding carboxylic acids is 2. The third kappa shape index (κ3) is 5.85. The minimum atomic E-state index is -0.509. The van der Waals surface area contributed by atoms with E-state index < -0.39 is 5.60 Å². The third-order valence-electron chi connectivity index (χ3n) is 3.44. The lowest BCUT2D eigenvalue weighted by Gasteiger charge is -2.35. The normalized spacial score (nSPS) is 15.2. The summed E-state index contributed by atoms with van der Waals surface area (Å²) >= 11 is 2.20. The molecular weight excluding hydrogens is 423 g/mol. The number of halogens is 1. The summed E-state index contributed by atoms with van der Waals surface area (Å²) in [6, 6.07) is 7.57. The summed E-state index contributed by atoms with van der Waals surface area (Å²) in [7, 11) is 0. The number of benzene rings is 1. The van der Waals surface area contributed by atoms with Gasteiger partial charge in [-0.25, -0.2) is 4.79 Å². The summed E-state index contributed by atoms with van der Waals surface area (Å²) in [6.45, 7) is 7.47. The Balaban J connectivity index is 1.77. The lowest BCUT2D eigenvalue weighted by atomic mass is 10.2. The molecule has 0 bridgehead atoms. The fraction of sp³-hybridized carbons (Fsp3) is 0.529. The first-order valence-electron chi connectivity index (χ1n) is 7.89. The van der Waals surface area contributed by atoms with Gasteiger partial charge in [-0.2, -0.15) is 0 Å². The Labute approximate surface area is 156 Å². The zero-order valence-electron chi connectivity index (χ0n) is 14.3. The van der Waals surface area contributed by atoms with Gasteiger partial charge >= 0.3 is 6.09 Å². The molecule has 24 heavy (non-hydrogen) atoms. The average molecular weight is 446 g/mol. The van der Waals surface area contributed by atoms with Gasteiger partial charge in [0.05, 0.1) is 0 Å². The van der Waals surface area contributed by atoms with E-state index in [9.17, 15) is 9.59 Å². The number of nitrogens with zero attached hydrogens (tertiary/aromatic N) is 2. The number of hydrogen-bond donors (Lipinski definition) is 0. The molecule has 0 aromatic heterocycles. The van der Waals surface area contributed by atoms with Crippen molar-refractivity contribution in [2.75, 3.05) is 32.8 Å². The molecule has 2 rings (SSSR count). The fourth-order valence-corrected chi connectivity index (χ4v) is 2.77. The molecule has 132 valence electrons. The van der Waals surface area contributed by atoms with E-state index in [1.54, 1.807) is 9.80 Å². The van der Waals surface area contributed by atoms with Gasteiger partial charge < -0.3 is 19.3 Å². The van der Waals surface area contributed by atoms with Gasteiger partial charge in [-0.3, -0.25) is 4.79 Å². The summed E-state index contributed by atoms with van der Waals surface area (Å²) in [6.07, 6.45) is -0.329. The molecule has 0 aliphatic carbocycles. The van der Waals surface area contributed by atoms with Crippen molar-refractivity contribution in [3.05, 3.63) is 27.8 Å². The van der Waals surface area contributed by atoms with Crippen molar-refractivity contribution in [2.45, 2.75) is 26.4 Å². The first kappa shape index (κ1) is 18.8.